The molecule has 0 saturated carbocycles. The van der Waals surface area contributed by atoms with Crippen LogP contribution < -0.4 is 16.0 Å². The normalized spacial score (nSPS) is 13.2. The molecule has 0 saturated heterocycles. The van der Waals surface area contributed by atoms with Gasteiger partial charge in [0.25, 0.3) is 0 Å². The van der Waals surface area contributed by atoms with Crippen molar-refractivity contribution in [2.45, 2.75) is 19.0 Å². The molecule has 2 aromatic rings. The summed E-state index contributed by atoms with van der Waals surface area (Å²) in [7, 11) is 1.46. The Morgan fingerprint density at radius 3 is 2.41 bits per heavy atom. The fourth-order valence-electron chi connectivity index (χ4n) is 2.09. The third-order valence-electron chi connectivity index (χ3n) is 3.25. The Morgan fingerprint density at radius 1 is 1.09 bits per heavy atom. The lowest BCUT2D eigenvalue weighted by molar-refractivity contribution is -0.122. The number of rotatable bonds is 5. The molecule has 0 aliphatic carbocycles. The summed E-state index contributed by atoms with van der Waals surface area (Å²) in [4.78, 5) is 23.7. The number of imide groups is 1. The Morgan fingerprint density at radius 2 is 1.82 bits per heavy atom. The van der Waals surface area contributed by atoms with E-state index in [0.29, 0.717) is 5.76 Å². The Hall–Kier alpha value is -2.60. The number of carbonyl (C=O) groups excluding carboxylic acids is 2. The van der Waals surface area contributed by atoms with Crippen LogP contribution in [0.2, 0.25) is 0 Å². The van der Waals surface area contributed by atoms with E-state index >= 15 is 0 Å². The van der Waals surface area contributed by atoms with Crippen LogP contribution >= 0.6 is 0 Å². The van der Waals surface area contributed by atoms with Gasteiger partial charge >= 0.3 is 6.03 Å². The number of hydrogen-bond acceptors (Lipinski definition) is 4. The molecule has 0 aliphatic rings. The van der Waals surface area contributed by atoms with E-state index in [1.54, 1.807) is 12.3 Å². The highest BCUT2D eigenvalue weighted by Gasteiger charge is 2.24. The fraction of sp³-hybridized carbons (Fsp3) is 0.250. The third-order valence-corrected chi connectivity index (χ3v) is 3.25. The van der Waals surface area contributed by atoms with Gasteiger partial charge in [-0.1, -0.05) is 30.3 Å². The second-order valence-electron chi connectivity index (χ2n) is 4.82. The summed E-state index contributed by atoms with van der Waals surface area (Å²) >= 11 is 0. The summed E-state index contributed by atoms with van der Waals surface area (Å²) < 4.78 is 5.34. The third kappa shape index (κ3) is 3.95. The number of amides is 3. The zero-order valence-electron chi connectivity index (χ0n) is 12.5. The minimum atomic E-state index is -0.668. The van der Waals surface area contributed by atoms with Crippen molar-refractivity contribution in [3.63, 3.8) is 0 Å². The molecule has 0 unspecified atom stereocenters. The summed E-state index contributed by atoms with van der Waals surface area (Å²) in [5.41, 5.74) is 0.766. The molecule has 3 N–H and O–H groups in total. The molecular formula is C16H19N3O3. The minimum Gasteiger partial charge on any atom is -0.468 e. The molecule has 1 aromatic heterocycles. The zero-order chi connectivity index (χ0) is 15.9. The van der Waals surface area contributed by atoms with Gasteiger partial charge in [-0.25, -0.2) is 4.79 Å². The summed E-state index contributed by atoms with van der Waals surface area (Å²) in [6.07, 6.45) is 1.58. The second-order valence-corrected chi connectivity index (χ2v) is 4.82. The summed E-state index contributed by atoms with van der Waals surface area (Å²) in [6, 6.07) is 11.4. The quantitative estimate of drug-likeness (QED) is 0.790. The average Bonchev–Trinajstić information content (AvgIpc) is 3.07. The van der Waals surface area contributed by atoms with Crippen molar-refractivity contribution in [2.75, 3.05) is 7.05 Å². The number of furan rings is 1. The van der Waals surface area contributed by atoms with Gasteiger partial charge in [-0.15, -0.1) is 0 Å². The second kappa shape index (κ2) is 7.42. The van der Waals surface area contributed by atoms with Gasteiger partial charge in [-0.05, 0) is 24.6 Å². The monoisotopic (exact) mass is 301 g/mol. The van der Waals surface area contributed by atoms with Gasteiger partial charge in [-0.3, -0.25) is 15.4 Å². The van der Waals surface area contributed by atoms with E-state index in [1.807, 2.05) is 43.3 Å². The molecule has 22 heavy (non-hydrogen) atoms. The van der Waals surface area contributed by atoms with Crippen LogP contribution in [0.1, 0.15) is 30.3 Å². The Bertz CT molecular complexity index is 611. The van der Waals surface area contributed by atoms with E-state index < -0.39 is 18.0 Å². The van der Waals surface area contributed by atoms with Crippen molar-refractivity contribution < 1.29 is 14.0 Å². The van der Waals surface area contributed by atoms with Gasteiger partial charge in [0.05, 0.1) is 12.3 Å². The molecule has 2 atom stereocenters. The number of benzene rings is 1. The first-order valence-electron chi connectivity index (χ1n) is 6.98. The standard InChI is InChI=1S/C16H19N3O3/c1-11(13-9-6-10-22-13)18-14(12-7-4-3-5-8-12)15(20)19-16(21)17-2/h3-11,14,18H,1-2H3,(H2,17,19,20,21)/t11-,14-/m0/s1. The summed E-state index contributed by atoms with van der Waals surface area (Å²) in [5.74, 6) is 0.289. The van der Waals surface area contributed by atoms with Gasteiger partial charge in [-0.2, -0.15) is 0 Å². The molecule has 6 nitrogen and oxygen atoms in total. The first-order valence-corrected chi connectivity index (χ1v) is 6.98. The SMILES string of the molecule is CNC(=O)NC(=O)[C@@H](N[C@@H](C)c1ccco1)c1ccccc1. The van der Waals surface area contributed by atoms with E-state index in [0.717, 1.165) is 5.56 Å². The highest BCUT2D eigenvalue weighted by Crippen LogP contribution is 2.20. The first kappa shape index (κ1) is 15.8. The van der Waals surface area contributed by atoms with E-state index in [2.05, 4.69) is 16.0 Å². The minimum absolute atomic E-state index is 0.185. The largest absolute Gasteiger partial charge is 0.468 e. The van der Waals surface area contributed by atoms with Gasteiger partial charge in [0.2, 0.25) is 5.91 Å². The molecule has 0 aliphatic heterocycles. The van der Waals surface area contributed by atoms with Crippen LogP contribution in [0.25, 0.3) is 0 Å². The molecule has 0 radical (unpaired) electrons. The van der Waals surface area contributed by atoms with E-state index in [9.17, 15) is 9.59 Å². The maximum atomic E-state index is 12.4. The molecule has 6 heteroatoms. The fourth-order valence-corrected chi connectivity index (χ4v) is 2.09. The predicted molar refractivity (Wildman–Crippen MR) is 82.0 cm³/mol. The molecule has 0 bridgehead atoms. The van der Waals surface area contributed by atoms with Gasteiger partial charge in [0, 0.05) is 7.05 Å². The van der Waals surface area contributed by atoms with Crippen LogP contribution in [0.4, 0.5) is 4.79 Å². The van der Waals surface area contributed by atoms with E-state index in [-0.39, 0.29) is 6.04 Å². The maximum Gasteiger partial charge on any atom is 0.321 e. The van der Waals surface area contributed by atoms with Crippen LogP contribution in [0.5, 0.6) is 0 Å². The van der Waals surface area contributed by atoms with Crippen molar-refractivity contribution in [1.82, 2.24) is 16.0 Å². The Labute approximate surface area is 128 Å². The van der Waals surface area contributed by atoms with Gasteiger partial charge in [0.1, 0.15) is 11.8 Å². The molecule has 0 fully saturated rings. The number of urea groups is 1. The van der Waals surface area contributed by atoms with Crippen LogP contribution in [-0.4, -0.2) is 19.0 Å². The highest BCUT2D eigenvalue weighted by molar-refractivity contribution is 5.97. The Balaban J connectivity index is 2.18. The molecular weight excluding hydrogens is 282 g/mol. The summed E-state index contributed by atoms with van der Waals surface area (Å²) in [5, 5.41) is 7.84. The maximum absolute atomic E-state index is 12.4. The lowest BCUT2D eigenvalue weighted by atomic mass is 10.0. The topological polar surface area (TPSA) is 83.4 Å². The number of hydrogen-bond donors (Lipinski definition) is 3. The molecule has 1 aromatic carbocycles. The molecule has 0 spiro atoms. The summed E-state index contributed by atoms with van der Waals surface area (Å²) in [6.45, 7) is 1.89. The lowest BCUT2D eigenvalue weighted by Gasteiger charge is -2.21. The number of carbonyl (C=O) groups is 2. The Kier molecular flexibility index (Phi) is 5.32. The van der Waals surface area contributed by atoms with Crippen LogP contribution in [0.3, 0.4) is 0 Å². The smallest absolute Gasteiger partial charge is 0.321 e. The van der Waals surface area contributed by atoms with Gasteiger partial charge < -0.3 is 9.73 Å². The van der Waals surface area contributed by atoms with Crippen LogP contribution in [0, 0.1) is 0 Å². The molecule has 116 valence electrons. The molecule has 2 rings (SSSR count). The van der Waals surface area contributed by atoms with Crippen molar-refractivity contribution in [3.05, 3.63) is 60.1 Å². The van der Waals surface area contributed by atoms with Crippen LogP contribution in [0.15, 0.2) is 53.1 Å². The lowest BCUT2D eigenvalue weighted by Crippen LogP contribution is -2.44. The first-order chi connectivity index (χ1) is 10.6. The highest BCUT2D eigenvalue weighted by atomic mass is 16.3. The van der Waals surface area contributed by atoms with Crippen molar-refractivity contribution in [3.8, 4) is 0 Å². The predicted octanol–water partition coefficient (Wildman–Crippen LogP) is 2.13. The van der Waals surface area contributed by atoms with Gasteiger partial charge in [0.15, 0.2) is 0 Å². The van der Waals surface area contributed by atoms with Crippen LogP contribution in [-0.2, 0) is 4.79 Å². The van der Waals surface area contributed by atoms with Crippen molar-refractivity contribution in [2.24, 2.45) is 0 Å². The van der Waals surface area contributed by atoms with Crippen molar-refractivity contribution in [1.29, 1.82) is 0 Å². The molecule has 1 heterocycles. The van der Waals surface area contributed by atoms with Crippen molar-refractivity contribution >= 4 is 11.9 Å². The van der Waals surface area contributed by atoms with E-state index in [4.69, 9.17) is 4.42 Å². The van der Waals surface area contributed by atoms with E-state index in [1.165, 1.54) is 7.05 Å². The average molecular weight is 301 g/mol. The zero-order valence-corrected chi connectivity index (χ0v) is 12.5. The molecule has 3 amide bonds. The number of nitrogens with one attached hydrogen (secondary N) is 3.